The van der Waals surface area contributed by atoms with Crippen molar-refractivity contribution in [3.05, 3.63) is 29.8 Å². The molecule has 0 heterocycles. The van der Waals surface area contributed by atoms with E-state index in [2.05, 4.69) is 18.6 Å². The molecule has 1 aromatic carbocycles. The van der Waals surface area contributed by atoms with Gasteiger partial charge in [-0.15, -0.1) is 0 Å². The van der Waals surface area contributed by atoms with Gasteiger partial charge in [-0.05, 0) is 94.4 Å². The molecule has 4 fully saturated rings. The summed E-state index contributed by atoms with van der Waals surface area (Å²) in [5.41, 5.74) is -0.152. The summed E-state index contributed by atoms with van der Waals surface area (Å²) in [6.07, 6.45) is 7.64. The Morgan fingerprint density at radius 2 is 1.53 bits per heavy atom. The number of carboxylic acids is 1. The Balaban J connectivity index is 1.41. The monoisotopic (exact) mass is 421 g/mol. The van der Waals surface area contributed by atoms with E-state index in [1.807, 2.05) is 0 Å². The number of carbonyl (C=O) groups is 2. The number of carbonyl (C=O) groups excluding carboxylic acids is 2. The largest absolute Gasteiger partial charge is 0.544 e. The van der Waals surface area contributed by atoms with Crippen LogP contribution >= 0.6 is 0 Å². The van der Waals surface area contributed by atoms with Crippen molar-refractivity contribution in [1.29, 1.82) is 0 Å². The van der Waals surface area contributed by atoms with Crippen molar-refractivity contribution < 1.29 is 33.0 Å². The van der Waals surface area contributed by atoms with Gasteiger partial charge in [0.05, 0.1) is 5.56 Å². The lowest BCUT2D eigenvalue weighted by Gasteiger charge is -2.61. The third-order valence-corrected chi connectivity index (χ3v) is 7.46. The van der Waals surface area contributed by atoms with Gasteiger partial charge < -0.3 is 19.4 Å². The van der Waals surface area contributed by atoms with Gasteiger partial charge in [-0.1, -0.05) is 0 Å². The maximum Gasteiger partial charge on any atom is 0.338 e. The summed E-state index contributed by atoms with van der Waals surface area (Å²) in [7, 11) is 0. The van der Waals surface area contributed by atoms with Gasteiger partial charge in [0, 0.05) is 5.41 Å². The van der Waals surface area contributed by atoms with E-state index in [9.17, 15) is 23.5 Å². The topological polar surface area (TPSA) is 75.7 Å². The van der Waals surface area contributed by atoms with Gasteiger partial charge >= 0.3 is 11.9 Å². The van der Waals surface area contributed by atoms with Crippen molar-refractivity contribution >= 4 is 11.9 Å². The summed E-state index contributed by atoms with van der Waals surface area (Å²) in [6, 6.07) is 6.11. The van der Waals surface area contributed by atoms with Crippen LogP contribution in [0.2, 0.25) is 0 Å². The highest BCUT2D eigenvalue weighted by Crippen LogP contribution is 2.64. The van der Waals surface area contributed by atoms with Crippen LogP contribution in [0.1, 0.15) is 62.7 Å². The Bertz CT molecular complexity index is 795. The molecule has 0 unspecified atom stereocenters. The van der Waals surface area contributed by atoms with Crippen LogP contribution in [0.4, 0.5) is 8.78 Å². The van der Waals surface area contributed by atoms with E-state index in [0.29, 0.717) is 5.75 Å². The average Bonchev–Trinajstić information content (AvgIpc) is 2.65. The number of benzene rings is 1. The van der Waals surface area contributed by atoms with Crippen molar-refractivity contribution in [3.8, 4) is 5.75 Å². The Hall–Kier alpha value is -2.18. The van der Waals surface area contributed by atoms with Crippen molar-refractivity contribution in [2.45, 2.75) is 63.9 Å². The molecule has 4 aliphatic rings. The predicted octanol–water partition coefficient (Wildman–Crippen LogP) is 3.60. The van der Waals surface area contributed by atoms with Crippen LogP contribution in [0.15, 0.2) is 24.3 Å². The van der Waals surface area contributed by atoms with Crippen molar-refractivity contribution in [3.63, 3.8) is 0 Å². The maximum atomic E-state index is 13.0. The second kappa shape index (κ2) is 7.20. The van der Waals surface area contributed by atoms with E-state index in [4.69, 9.17) is 4.74 Å². The van der Waals surface area contributed by atoms with E-state index < -0.39 is 24.5 Å². The van der Waals surface area contributed by atoms with E-state index in [-0.39, 0.29) is 16.6 Å². The fourth-order valence-electron chi connectivity index (χ4n) is 6.21. The molecule has 4 saturated carbocycles. The molecule has 7 heteroatoms. The highest BCUT2D eigenvalue weighted by atomic mass is 19.3. The van der Waals surface area contributed by atoms with Gasteiger partial charge in [0.1, 0.15) is 17.3 Å². The predicted molar refractivity (Wildman–Crippen MR) is 102 cm³/mol. The van der Waals surface area contributed by atoms with Gasteiger partial charge in [-0.25, -0.2) is 4.79 Å². The normalized spacial score (nSPS) is 30.2. The van der Waals surface area contributed by atoms with Crippen molar-refractivity contribution in [1.82, 2.24) is 0 Å². The first-order chi connectivity index (χ1) is 14.0. The van der Waals surface area contributed by atoms with E-state index in [1.54, 1.807) is 12.1 Å². The zero-order valence-corrected chi connectivity index (χ0v) is 17.3. The van der Waals surface area contributed by atoms with Crippen LogP contribution in [-0.4, -0.2) is 30.1 Å². The fourth-order valence-corrected chi connectivity index (χ4v) is 6.21. The molecule has 5 rings (SSSR count). The molecule has 4 aliphatic carbocycles. The molecule has 0 amide bonds. The summed E-state index contributed by atoms with van der Waals surface area (Å²) >= 11 is 0. The Kier molecular flexibility index (Phi) is 5.06. The number of hydrogen-bond donors (Lipinski definition) is 0. The van der Waals surface area contributed by atoms with Gasteiger partial charge in [0.2, 0.25) is 0 Å². The van der Waals surface area contributed by atoms with Crippen molar-refractivity contribution in [2.24, 2.45) is 23.2 Å². The summed E-state index contributed by atoms with van der Waals surface area (Å²) in [5.74, 6) is -4.82. The number of esters is 1. The van der Waals surface area contributed by atoms with Crippen LogP contribution in [-0.2, 0) is 9.53 Å². The van der Waals surface area contributed by atoms with Crippen molar-refractivity contribution in [2.75, 3.05) is 6.61 Å². The highest BCUT2D eigenvalue weighted by Gasteiger charge is 2.58. The molecule has 164 valence electrons. The smallest absolute Gasteiger partial charge is 0.338 e. The van der Waals surface area contributed by atoms with Crippen LogP contribution in [0.3, 0.4) is 0 Å². The first-order valence-electron chi connectivity index (χ1n) is 10.6. The van der Waals surface area contributed by atoms with Crippen LogP contribution in [0.5, 0.6) is 5.75 Å². The third kappa shape index (κ3) is 3.79. The lowest BCUT2D eigenvalue weighted by atomic mass is 9.46. The average molecular weight is 421 g/mol. The molecule has 5 nitrogen and oxygen atoms in total. The summed E-state index contributed by atoms with van der Waals surface area (Å²) in [5, 5.41) is 10.3. The minimum Gasteiger partial charge on any atom is -0.544 e. The molecular formula is C23H27F2O5-. The highest BCUT2D eigenvalue weighted by molar-refractivity contribution is 5.89. The molecule has 0 N–H and O–H groups in total. The van der Waals surface area contributed by atoms with Crippen LogP contribution < -0.4 is 9.84 Å². The number of aliphatic carboxylic acids is 1. The van der Waals surface area contributed by atoms with Crippen LogP contribution in [0, 0.1) is 23.2 Å². The van der Waals surface area contributed by atoms with Gasteiger partial charge in [-0.3, -0.25) is 0 Å². The fraction of sp³-hybridized carbons (Fsp3) is 0.652. The van der Waals surface area contributed by atoms with E-state index in [0.717, 1.165) is 17.8 Å². The minimum atomic E-state index is -4.22. The molecule has 0 saturated heterocycles. The summed E-state index contributed by atoms with van der Waals surface area (Å²) < 4.78 is 36.9. The summed E-state index contributed by atoms with van der Waals surface area (Å²) in [4.78, 5) is 22.2. The Morgan fingerprint density at radius 3 is 2.00 bits per heavy atom. The molecule has 0 spiro atoms. The Morgan fingerprint density at radius 1 is 1.03 bits per heavy atom. The minimum absolute atomic E-state index is 0.0455. The number of carboxylic acid groups (broad SMARTS) is 1. The lowest BCUT2D eigenvalue weighted by molar-refractivity contribution is -0.331. The number of rotatable bonds is 7. The zero-order chi connectivity index (χ0) is 21.7. The molecule has 0 radical (unpaired) electrons. The number of hydrogen-bond acceptors (Lipinski definition) is 5. The Labute approximate surface area is 174 Å². The zero-order valence-electron chi connectivity index (χ0n) is 17.3. The quantitative estimate of drug-likeness (QED) is 0.629. The first-order valence-corrected chi connectivity index (χ1v) is 10.6. The van der Waals surface area contributed by atoms with E-state index >= 15 is 0 Å². The van der Waals surface area contributed by atoms with E-state index in [1.165, 1.54) is 50.7 Å². The second-order valence-electron chi connectivity index (χ2n) is 9.90. The number of halogens is 2. The summed E-state index contributed by atoms with van der Waals surface area (Å²) in [6.45, 7) is 2.72. The molecule has 4 bridgehead atoms. The van der Waals surface area contributed by atoms with Gasteiger partial charge in [-0.2, -0.15) is 8.78 Å². The number of ether oxygens (including phenoxy) is 2. The second-order valence-corrected chi connectivity index (χ2v) is 9.90. The maximum absolute atomic E-state index is 13.0. The molecule has 1 aromatic rings. The van der Waals surface area contributed by atoms with Crippen LogP contribution in [0.25, 0.3) is 0 Å². The molecule has 0 atom stereocenters. The first kappa shape index (κ1) is 21.1. The van der Waals surface area contributed by atoms with Gasteiger partial charge in [0.15, 0.2) is 6.61 Å². The molecular weight excluding hydrogens is 394 g/mol. The standard InChI is InChI=1S/C23H28F2O5/c1-21(2,22-10-14-7-15(11-22)9-16(8-14)12-22)30-18-5-3-17(4-6-18)19(26)29-13-23(24,25)20(27)28/h3-6,14-16H,7-13H2,1-2H3,(H,27,28)/p-1. The molecule has 0 aliphatic heterocycles. The third-order valence-electron chi connectivity index (χ3n) is 7.46. The SMILES string of the molecule is CC(C)(Oc1ccc(C(=O)OCC(F)(F)C(=O)[O-])cc1)C12CC3CC(CC(C3)C1)C2. The van der Waals surface area contributed by atoms with Gasteiger partial charge in [0.25, 0.3) is 0 Å². The molecule has 0 aromatic heterocycles. The molecule has 30 heavy (non-hydrogen) atoms. The number of alkyl halides is 2. The lowest BCUT2D eigenvalue weighted by Crippen LogP contribution is -2.58.